The predicted molar refractivity (Wildman–Crippen MR) is 67.2 cm³/mol. The number of aromatic nitrogens is 2. The Balaban J connectivity index is 1.95. The quantitative estimate of drug-likeness (QED) is 0.846. The van der Waals surface area contributed by atoms with E-state index in [9.17, 15) is 0 Å². The van der Waals surface area contributed by atoms with Gasteiger partial charge in [0.15, 0.2) is 0 Å². The summed E-state index contributed by atoms with van der Waals surface area (Å²) in [5.74, 6) is 0.827. The highest BCUT2D eigenvalue weighted by molar-refractivity contribution is 5.28. The standard InChI is InChI=1S/C13H17N3O2/c1-3-14-8-11-5-4-6-12(7-11)17-9-13-10(2)15-18-16-13/h4-7,14H,3,8-9H2,1-2H3. The van der Waals surface area contributed by atoms with Crippen molar-refractivity contribution < 1.29 is 9.37 Å². The average Bonchev–Trinajstić information content (AvgIpc) is 2.80. The summed E-state index contributed by atoms with van der Waals surface area (Å²) in [7, 11) is 0. The van der Waals surface area contributed by atoms with Gasteiger partial charge in [-0.25, -0.2) is 4.63 Å². The molecular weight excluding hydrogens is 230 g/mol. The molecule has 1 aromatic heterocycles. The summed E-state index contributed by atoms with van der Waals surface area (Å²) >= 11 is 0. The van der Waals surface area contributed by atoms with Crippen LogP contribution in [0.4, 0.5) is 0 Å². The molecule has 96 valence electrons. The SMILES string of the molecule is CCNCc1cccc(OCc2nonc2C)c1. The van der Waals surface area contributed by atoms with E-state index < -0.39 is 0 Å². The zero-order chi connectivity index (χ0) is 12.8. The van der Waals surface area contributed by atoms with Gasteiger partial charge in [0.25, 0.3) is 0 Å². The van der Waals surface area contributed by atoms with Crippen LogP contribution in [-0.4, -0.2) is 16.9 Å². The Labute approximate surface area is 106 Å². The fourth-order valence-corrected chi connectivity index (χ4v) is 1.55. The molecule has 1 aromatic carbocycles. The minimum atomic E-state index is 0.375. The van der Waals surface area contributed by atoms with Crippen LogP contribution < -0.4 is 10.1 Å². The molecule has 1 N–H and O–H groups in total. The summed E-state index contributed by atoms with van der Waals surface area (Å²) in [5.41, 5.74) is 2.69. The second kappa shape index (κ2) is 6.16. The Bertz CT molecular complexity index is 496. The normalized spacial score (nSPS) is 10.6. The third kappa shape index (κ3) is 3.30. The minimum absolute atomic E-state index is 0.375. The van der Waals surface area contributed by atoms with E-state index in [1.165, 1.54) is 5.56 Å². The van der Waals surface area contributed by atoms with E-state index in [0.29, 0.717) is 6.61 Å². The van der Waals surface area contributed by atoms with Crippen molar-refractivity contribution in [3.05, 3.63) is 41.2 Å². The van der Waals surface area contributed by atoms with Crippen molar-refractivity contribution in [2.75, 3.05) is 6.54 Å². The van der Waals surface area contributed by atoms with E-state index in [1.807, 2.05) is 25.1 Å². The summed E-state index contributed by atoms with van der Waals surface area (Å²) in [6, 6.07) is 8.00. The Hall–Kier alpha value is -1.88. The first-order chi connectivity index (χ1) is 8.79. The number of nitrogens with zero attached hydrogens (tertiary/aromatic N) is 2. The number of aryl methyl sites for hydroxylation is 1. The number of nitrogens with one attached hydrogen (secondary N) is 1. The van der Waals surface area contributed by atoms with E-state index in [4.69, 9.17) is 4.74 Å². The van der Waals surface area contributed by atoms with Gasteiger partial charge in [0.1, 0.15) is 23.7 Å². The lowest BCUT2D eigenvalue weighted by molar-refractivity contribution is 0.270. The Morgan fingerprint density at radius 3 is 2.94 bits per heavy atom. The van der Waals surface area contributed by atoms with Crippen LogP contribution >= 0.6 is 0 Å². The number of benzene rings is 1. The Kier molecular flexibility index (Phi) is 4.30. The summed E-state index contributed by atoms with van der Waals surface area (Å²) in [6.07, 6.45) is 0. The first-order valence-electron chi connectivity index (χ1n) is 6.00. The molecule has 18 heavy (non-hydrogen) atoms. The van der Waals surface area contributed by atoms with Crippen LogP contribution in [0.3, 0.4) is 0 Å². The van der Waals surface area contributed by atoms with Crippen molar-refractivity contribution in [1.82, 2.24) is 15.6 Å². The lowest BCUT2D eigenvalue weighted by Gasteiger charge is -2.07. The van der Waals surface area contributed by atoms with Gasteiger partial charge in [-0.15, -0.1) is 0 Å². The molecule has 0 unspecified atom stereocenters. The molecule has 0 amide bonds. The van der Waals surface area contributed by atoms with Gasteiger partial charge in [0.2, 0.25) is 0 Å². The predicted octanol–water partition coefficient (Wildman–Crippen LogP) is 2.07. The maximum absolute atomic E-state index is 5.66. The molecule has 0 radical (unpaired) electrons. The van der Waals surface area contributed by atoms with Crippen molar-refractivity contribution in [1.29, 1.82) is 0 Å². The highest BCUT2D eigenvalue weighted by Gasteiger charge is 2.05. The van der Waals surface area contributed by atoms with Gasteiger partial charge in [0, 0.05) is 6.54 Å². The van der Waals surface area contributed by atoms with Gasteiger partial charge < -0.3 is 10.1 Å². The van der Waals surface area contributed by atoms with Crippen LogP contribution in [0.15, 0.2) is 28.9 Å². The second-order valence-electron chi connectivity index (χ2n) is 4.01. The molecule has 0 spiro atoms. The molecule has 0 saturated carbocycles. The fraction of sp³-hybridized carbons (Fsp3) is 0.385. The van der Waals surface area contributed by atoms with Gasteiger partial charge in [-0.05, 0) is 31.2 Å². The van der Waals surface area contributed by atoms with Gasteiger partial charge in [0.05, 0.1) is 0 Å². The summed E-state index contributed by atoms with van der Waals surface area (Å²) in [4.78, 5) is 0. The highest BCUT2D eigenvalue weighted by Crippen LogP contribution is 2.15. The molecule has 0 aliphatic carbocycles. The van der Waals surface area contributed by atoms with Gasteiger partial charge in [-0.2, -0.15) is 0 Å². The first kappa shape index (κ1) is 12.6. The highest BCUT2D eigenvalue weighted by atomic mass is 16.6. The maximum Gasteiger partial charge on any atom is 0.145 e. The van der Waals surface area contributed by atoms with E-state index in [1.54, 1.807) is 0 Å². The van der Waals surface area contributed by atoms with Crippen molar-refractivity contribution in [3.63, 3.8) is 0 Å². The van der Waals surface area contributed by atoms with Crippen LogP contribution in [0, 0.1) is 6.92 Å². The lowest BCUT2D eigenvalue weighted by Crippen LogP contribution is -2.11. The van der Waals surface area contributed by atoms with E-state index in [2.05, 4.69) is 33.2 Å². The van der Waals surface area contributed by atoms with Gasteiger partial charge in [-0.3, -0.25) is 0 Å². The van der Waals surface area contributed by atoms with Crippen molar-refractivity contribution in [2.45, 2.75) is 27.0 Å². The maximum atomic E-state index is 5.66. The van der Waals surface area contributed by atoms with E-state index >= 15 is 0 Å². The lowest BCUT2D eigenvalue weighted by atomic mass is 10.2. The third-order valence-corrected chi connectivity index (χ3v) is 2.60. The molecule has 0 fully saturated rings. The van der Waals surface area contributed by atoms with Gasteiger partial charge >= 0.3 is 0 Å². The Morgan fingerprint density at radius 2 is 2.22 bits per heavy atom. The molecule has 0 aliphatic rings. The largest absolute Gasteiger partial charge is 0.487 e. The molecule has 0 atom stereocenters. The Morgan fingerprint density at radius 1 is 1.33 bits per heavy atom. The fourth-order valence-electron chi connectivity index (χ4n) is 1.55. The molecule has 0 aliphatic heterocycles. The zero-order valence-corrected chi connectivity index (χ0v) is 10.6. The van der Waals surface area contributed by atoms with Crippen LogP contribution in [0.2, 0.25) is 0 Å². The van der Waals surface area contributed by atoms with Crippen LogP contribution in [-0.2, 0) is 13.2 Å². The molecule has 0 saturated heterocycles. The van der Waals surface area contributed by atoms with Crippen LogP contribution in [0.1, 0.15) is 23.9 Å². The van der Waals surface area contributed by atoms with Gasteiger partial charge in [-0.1, -0.05) is 29.4 Å². The van der Waals surface area contributed by atoms with Crippen molar-refractivity contribution >= 4 is 0 Å². The summed E-state index contributed by atoms with van der Waals surface area (Å²) in [5, 5.41) is 10.8. The van der Waals surface area contributed by atoms with E-state index in [0.717, 1.165) is 30.2 Å². The first-order valence-corrected chi connectivity index (χ1v) is 6.00. The van der Waals surface area contributed by atoms with Crippen molar-refractivity contribution in [3.8, 4) is 5.75 Å². The van der Waals surface area contributed by atoms with Crippen LogP contribution in [0.25, 0.3) is 0 Å². The molecular formula is C13H17N3O2. The molecule has 1 heterocycles. The number of hydrogen-bond donors (Lipinski definition) is 1. The summed E-state index contributed by atoms with van der Waals surface area (Å²) < 4.78 is 10.3. The topological polar surface area (TPSA) is 60.2 Å². The zero-order valence-electron chi connectivity index (χ0n) is 10.6. The number of ether oxygens (including phenoxy) is 1. The molecule has 0 bridgehead atoms. The average molecular weight is 247 g/mol. The minimum Gasteiger partial charge on any atom is -0.487 e. The number of rotatable bonds is 6. The summed E-state index contributed by atoms with van der Waals surface area (Å²) in [6.45, 7) is 6.10. The second-order valence-corrected chi connectivity index (χ2v) is 4.01. The van der Waals surface area contributed by atoms with Crippen molar-refractivity contribution in [2.24, 2.45) is 0 Å². The van der Waals surface area contributed by atoms with E-state index in [-0.39, 0.29) is 0 Å². The third-order valence-electron chi connectivity index (χ3n) is 2.60. The molecule has 2 rings (SSSR count). The monoisotopic (exact) mass is 247 g/mol. The smallest absolute Gasteiger partial charge is 0.145 e. The molecule has 5 heteroatoms. The van der Waals surface area contributed by atoms with Crippen LogP contribution in [0.5, 0.6) is 5.75 Å². The number of hydrogen-bond acceptors (Lipinski definition) is 5. The molecule has 5 nitrogen and oxygen atoms in total. The molecule has 2 aromatic rings.